The fourth-order valence-electron chi connectivity index (χ4n) is 3.52. The molecular weight excluding hydrogens is 343 g/mol. The third kappa shape index (κ3) is 3.10. The van der Waals surface area contributed by atoms with Crippen LogP contribution >= 0.6 is 0 Å². The first kappa shape index (κ1) is 17.3. The molecule has 0 saturated carbocycles. The van der Waals surface area contributed by atoms with Gasteiger partial charge in [-0.2, -0.15) is 0 Å². The summed E-state index contributed by atoms with van der Waals surface area (Å²) in [6.07, 6.45) is 4.31. The van der Waals surface area contributed by atoms with Gasteiger partial charge in [0.2, 0.25) is 0 Å². The molecule has 2 heterocycles. The average molecular weight is 364 g/mol. The van der Waals surface area contributed by atoms with Gasteiger partial charge >= 0.3 is 0 Å². The van der Waals surface area contributed by atoms with Crippen molar-refractivity contribution in [1.29, 1.82) is 0 Å². The van der Waals surface area contributed by atoms with E-state index in [2.05, 4.69) is 23.6 Å². The molecule has 1 aliphatic rings. The molecular formula is C22H21FN2O2. The molecule has 0 atom stereocenters. The number of anilines is 1. The van der Waals surface area contributed by atoms with Crippen LogP contribution in [0.15, 0.2) is 46.9 Å². The minimum atomic E-state index is -0.329. The summed E-state index contributed by atoms with van der Waals surface area (Å²) >= 11 is 0. The van der Waals surface area contributed by atoms with Gasteiger partial charge in [0, 0.05) is 41.9 Å². The van der Waals surface area contributed by atoms with Gasteiger partial charge in [0.15, 0.2) is 0 Å². The largest absolute Gasteiger partial charge is 0.455 e. The van der Waals surface area contributed by atoms with Crippen LogP contribution in [0.2, 0.25) is 0 Å². The van der Waals surface area contributed by atoms with E-state index >= 15 is 0 Å². The molecule has 1 aliphatic heterocycles. The summed E-state index contributed by atoms with van der Waals surface area (Å²) in [5.74, 6) is -0.110. The van der Waals surface area contributed by atoms with Crippen LogP contribution in [-0.2, 0) is 0 Å². The second-order valence-electron chi connectivity index (χ2n) is 6.74. The maximum Gasteiger partial charge on any atom is 0.255 e. The van der Waals surface area contributed by atoms with Crippen molar-refractivity contribution in [3.8, 4) is 11.3 Å². The molecule has 1 aromatic heterocycles. The van der Waals surface area contributed by atoms with Crippen LogP contribution in [-0.4, -0.2) is 19.5 Å². The number of amides is 1. The zero-order valence-corrected chi connectivity index (χ0v) is 15.4. The molecule has 2 aromatic carbocycles. The van der Waals surface area contributed by atoms with Crippen molar-refractivity contribution in [3.63, 3.8) is 0 Å². The quantitative estimate of drug-likeness (QED) is 0.656. The van der Waals surface area contributed by atoms with Crippen LogP contribution in [0.1, 0.15) is 35.7 Å². The second kappa shape index (κ2) is 6.91. The fourth-order valence-corrected chi connectivity index (χ4v) is 3.52. The number of benzene rings is 2. The van der Waals surface area contributed by atoms with Gasteiger partial charge in [0.05, 0.1) is 5.56 Å². The Balaban J connectivity index is 1.99. The van der Waals surface area contributed by atoms with Gasteiger partial charge in [0.25, 0.3) is 5.91 Å². The summed E-state index contributed by atoms with van der Waals surface area (Å²) in [5.41, 5.74) is 5.01. The second-order valence-corrected chi connectivity index (χ2v) is 6.74. The molecule has 4 nitrogen and oxygen atoms in total. The van der Waals surface area contributed by atoms with Crippen LogP contribution < -0.4 is 10.6 Å². The number of furan rings is 1. The van der Waals surface area contributed by atoms with Gasteiger partial charge in [0.1, 0.15) is 17.2 Å². The van der Waals surface area contributed by atoms with Crippen LogP contribution in [0.5, 0.6) is 0 Å². The molecule has 27 heavy (non-hydrogen) atoms. The van der Waals surface area contributed by atoms with E-state index in [1.54, 1.807) is 19.2 Å². The predicted octanol–water partition coefficient (Wildman–Crippen LogP) is 5.21. The van der Waals surface area contributed by atoms with Gasteiger partial charge in [-0.05, 0) is 55.7 Å². The minimum Gasteiger partial charge on any atom is -0.455 e. The Morgan fingerprint density at radius 2 is 2.00 bits per heavy atom. The van der Waals surface area contributed by atoms with Crippen LogP contribution in [0.4, 0.5) is 10.1 Å². The average Bonchev–Trinajstić information content (AvgIpc) is 3.03. The number of hydrogen-bond donors (Lipinski definition) is 2. The van der Waals surface area contributed by atoms with E-state index < -0.39 is 0 Å². The molecule has 138 valence electrons. The normalized spacial score (nSPS) is 15.9. The third-order valence-corrected chi connectivity index (χ3v) is 4.96. The van der Waals surface area contributed by atoms with E-state index in [4.69, 9.17) is 4.42 Å². The van der Waals surface area contributed by atoms with Crippen molar-refractivity contribution in [3.05, 3.63) is 59.4 Å². The topological polar surface area (TPSA) is 54.3 Å². The molecule has 0 aliphatic carbocycles. The number of allylic oxidation sites excluding steroid dienone is 2. The first-order valence-electron chi connectivity index (χ1n) is 9.08. The van der Waals surface area contributed by atoms with Gasteiger partial charge in [-0.25, -0.2) is 4.39 Å². The zero-order valence-electron chi connectivity index (χ0n) is 15.4. The Morgan fingerprint density at radius 1 is 1.22 bits per heavy atom. The molecule has 0 saturated heterocycles. The molecule has 3 aromatic rings. The van der Waals surface area contributed by atoms with E-state index in [0.717, 1.165) is 36.0 Å². The summed E-state index contributed by atoms with van der Waals surface area (Å²) < 4.78 is 19.4. The summed E-state index contributed by atoms with van der Waals surface area (Å²) in [4.78, 5) is 12.6. The fraction of sp³-hybridized carbons (Fsp3) is 0.227. The Bertz CT molecular complexity index is 1050. The van der Waals surface area contributed by atoms with Crippen molar-refractivity contribution in [2.24, 2.45) is 0 Å². The maximum atomic E-state index is 13.3. The van der Waals surface area contributed by atoms with Crippen molar-refractivity contribution in [2.75, 3.05) is 18.9 Å². The molecule has 0 spiro atoms. The standard InChI is InChI=1S/C22H21FN2O2/c1-13-5-3-4-10-25-18-12-19-17(11-16(13)18)20(22(26)24-2)21(27-19)14-6-8-15(23)9-7-14/h5-9,11-12,25H,3-4,10H2,1-2H3,(H,24,26)/b13-5-. The Hall–Kier alpha value is -3.08. The number of rotatable bonds is 2. The molecule has 0 bridgehead atoms. The van der Waals surface area contributed by atoms with Crippen molar-refractivity contribution < 1.29 is 13.6 Å². The smallest absolute Gasteiger partial charge is 0.255 e. The van der Waals surface area contributed by atoms with Gasteiger partial charge < -0.3 is 15.1 Å². The molecule has 0 fully saturated rings. The maximum absolute atomic E-state index is 13.3. The minimum absolute atomic E-state index is 0.228. The lowest BCUT2D eigenvalue weighted by molar-refractivity contribution is 0.0964. The third-order valence-electron chi connectivity index (χ3n) is 4.96. The molecule has 1 amide bonds. The molecule has 0 radical (unpaired) electrons. The summed E-state index contributed by atoms with van der Waals surface area (Å²) in [7, 11) is 1.59. The van der Waals surface area contributed by atoms with Gasteiger partial charge in [-0.1, -0.05) is 6.08 Å². The first-order chi connectivity index (χ1) is 13.1. The summed E-state index contributed by atoms with van der Waals surface area (Å²) in [6, 6.07) is 9.94. The SMILES string of the molecule is CNC(=O)c1c(-c2ccc(F)cc2)oc2cc3c(cc12)/C(C)=C\CCCN3. The number of halogens is 1. The van der Waals surface area contributed by atoms with Gasteiger partial charge in [-0.15, -0.1) is 0 Å². The van der Waals surface area contributed by atoms with Crippen molar-refractivity contribution in [2.45, 2.75) is 19.8 Å². The Labute approximate surface area is 157 Å². The summed E-state index contributed by atoms with van der Waals surface area (Å²) in [6.45, 7) is 2.97. The van der Waals surface area contributed by atoms with Crippen LogP contribution in [0, 0.1) is 5.82 Å². The lowest BCUT2D eigenvalue weighted by Gasteiger charge is -2.15. The zero-order chi connectivity index (χ0) is 19.0. The summed E-state index contributed by atoms with van der Waals surface area (Å²) in [5, 5.41) is 6.90. The van der Waals surface area contributed by atoms with Crippen LogP contribution in [0.3, 0.4) is 0 Å². The monoisotopic (exact) mass is 364 g/mol. The van der Waals surface area contributed by atoms with Crippen LogP contribution in [0.25, 0.3) is 27.9 Å². The van der Waals surface area contributed by atoms with E-state index in [9.17, 15) is 9.18 Å². The molecule has 5 heteroatoms. The molecule has 2 N–H and O–H groups in total. The molecule has 4 rings (SSSR count). The van der Waals surface area contributed by atoms with E-state index in [1.165, 1.54) is 17.7 Å². The highest BCUT2D eigenvalue weighted by Crippen LogP contribution is 2.38. The van der Waals surface area contributed by atoms with Crippen molar-refractivity contribution in [1.82, 2.24) is 5.32 Å². The number of carbonyl (C=O) groups is 1. The van der Waals surface area contributed by atoms with E-state index in [-0.39, 0.29) is 11.7 Å². The number of fused-ring (bicyclic) bond motifs is 2. The van der Waals surface area contributed by atoms with E-state index in [0.29, 0.717) is 22.5 Å². The van der Waals surface area contributed by atoms with E-state index in [1.807, 2.05) is 12.1 Å². The van der Waals surface area contributed by atoms with Crippen molar-refractivity contribution >= 4 is 28.1 Å². The number of nitrogens with one attached hydrogen (secondary N) is 2. The highest BCUT2D eigenvalue weighted by Gasteiger charge is 2.23. The lowest BCUT2D eigenvalue weighted by Crippen LogP contribution is -2.18. The number of carbonyl (C=O) groups excluding carboxylic acids is 1. The Kier molecular flexibility index (Phi) is 4.44. The number of hydrogen-bond acceptors (Lipinski definition) is 3. The highest BCUT2D eigenvalue weighted by atomic mass is 19.1. The lowest BCUT2D eigenvalue weighted by atomic mass is 9.97. The highest BCUT2D eigenvalue weighted by molar-refractivity contribution is 6.12. The predicted molar refractivity (Wildman–Crippen MR) is 106 cm³/mol. The first-order valence-corrected chi connectivity index (χ1v) is 9.08. The Morgan fingerprint density at radius 3 is 2.74 bits per heavy atom. The van der Waals surface area contributed by atoms with Gasteiger partial charge in [-0.3, -0.25) is 4.79 Å². The molecule has 0 unspecified atom stereocenters.